The number of hydrogen-bond donors (Lipinski definition) is 2. The van der Waals surface area contributed by atoms with E-state index in [1.54, 1.807) is 42.5 Å². The Morgan fingerprint density at radius 3 is 2.30 bits per heavy atom. The second-order valence-electron chi connectivity index (χ2n) is 10.0. The summed E-state index contributed by atoms with van der Waals surface area (Å²) in [4.78, 5) is 34.5. The molecule has 0 aliphatic rings. The molecular formula is C33H26N4O5S. The molecule has 0 unspecified atom stereocenters. The fraction of sp³-hybridized carbons (Fsp3) is 0.0909. The van der Waals surface area contributed by atoms with E-state index in [9.17, 15) is 14.7 Å². The Bertz CT molecular complexity index is 2000. The van der Waals surface area contributed by atoms with Gasteiger partial charge in [-0.2, -0.15) is 0 Å². The molecule has 0 radical (unpaired) electrons. The molecule has 10 heteroatoms. The third-order valence-corrected chi connectivity index (χ3v) is 7.53. The number of benzene rings is 4. The molecule has 4 aromatic carbocycles. The Kier molecular flexibility index (Phi) is 7.59. The lowest BCUT2D eigenvalue weighted by atomic mass is 10.0. The van der Waals surface area contributed by atoms with Crippen LogP contribution in [0.25, 0.3) is 22.7 Å². The number of thiazole rings is 1. The van der Waals surface area contributed by atoms with Crippen LogP contribution in [-0.2, 0) is 11.2 Å². The van der Waals surface area contributed by atoms with E-state index in [1.807, 2.05) is 62.4 Å². The Labute approximate surface area is 250 Å². The van der Waals surface area contributed by atoms with Crippen LogP contribution in [0.5, 0.6) is 17.4 Å². The lowest BCUT2D eigenvalue weighted by Crippen LogP contribution is -2.22. The first-order valence-corrected chi connectivity index (χ1v) is 14.2. The Hall–Kier alpha value is -5.48. The standard InChI is InChI=1S/C33H26N4O5S/c1-20-15-21(2)17-23(16-20)18-27(32(39)42-37-29-6-4-3-5-28(29)35-36-37)24-9-13-26(14-10-24)41-25-11-7-22(8-12-25)19-30-31(38)34-33(40)43-30/h3-18,38H,19H2,1-2H3,(H,34,40). The van der Waals surface area contributed by atoms with Crippen molar-refractivity contribution in [2.45, 2.75) is 20.3 Å². The molecule has 0 spiro atoms. The van der Waals surface area contributed by atoms with Gasteiger partial charge >= 0.3 is 10.8 Å². The third-order valence-electron chi connectivity index (χ3n) is 6.66. The summed E-state index contributed by atoms with van der Waals surface area (Å²) >= 11 is 0.987. The van der Waals surface area contributed by atoms with Crippen molar-refractivity contribution < 1.29 is 19.5 Å². The Morgan fingerprint density at radius 2 is 1.63 bits per heavy atom. The predicted octanol–water partition coefficient (Wildman–Crippen LogP) is 6.08. The molecule has 0 saturated heterocycles. The summed E-state index contributed by atoms with van der Waals surface area (Å²) < 4.78 is 6.03. The van der Waals surface area contributed by atoms with Gasteiger partial charge in [0.25, 0.3) is 0 Å². The number of rotatable bonds is 8. The largest absolute Gasteiger partial charge is 0.494 e. The molecule has 2 heterocycles. The number of ether oxygens (including phenoxy) is 1. The highest BCUT2D eigenvalue weighted by Gasteiger charge is 2.18. The lowest BCUT2D eigenvalue weighted by Gasteiger charge is -2.11. The van der Waals surface area contributed by atoms with Crippen LogP contribution in [0, 0.1) is 13.8 Å². The van der Waals surface area contributed by atoms with E-state index in [0.29, 0.717) is 45.0 Å². The molecule has 214 valence electrons. The van der Waals surface area contributed by atoms with Gasteiger partial charge < -0.3 is 14.7 Å². The van der Waals surface area contributed by atoms with E-state index in [-0.39, 0.29) is 10.8 Å². The Morgan fingerprint density at radius 1 is 0.953 bits per heavy atom. The summed E-state index contributed by atoms with van der Waals surface area (Å²) in [5.74, 6) is 0.517. The van der Waals surface area contributed by atoms with Crippen LogP contribution >= 0.6 is 11.3 Å². The van der Waals surface area contributed by atoms with Gasteiger partial charge in [-0.05, 0) is 78.2 Å². The zero-order chi connectivity index (χ0) is 29.9. The van der Waals surface area contributed by atoms with Gasteiger partial charge in [-0.25, -0.2) is 4.79 Å². The average Bonchev–Trinajstić information content (AvgIpc) is 3.54. The van der Waals surface area contributed by atoms with Crippen LogP contribution < -0.4 is 14.4 Å². The first kappa shape index (κ1) is 27.7. The molecule has 0 atom stereocenters. The number of nitrogens with zero attached hydrogens (tertiary/aromatic N) is 3. The molecule has 0 fully saturated rings. The van der Waals surface area contributed by atoms with Crippen molar-refractivity contribution in [3.63, 3.8) is 0 Å². The number of nitrogens with one attached hydrogen (secondary N) is 1. The maximum absolute atomic E-state index is 13.5. The van der Waals surface area contributed by atoms with E-state index in [0.717, 1.165) is 38.4 Å². The van der Waals surface area contributed by atoms with Gasteiger partial charge in [0.2, 0.25) is 5.88 Å². The van der Waals surface area contributed by atoms with E-state index >= 15 is 0 Å². The summed E-state index contributed by atoms with van der Waals surface area (Å²) in [6.07, 6.45) is 2.23. The number of para-hydroxylation sites is 1. The minimum Gasteiger partial charge on any atom is -0.494 e. The van der Waals surface area contributed by atoms with Crippen molar-refractivity contribution in [2.75, 3.05) is 0 Å². The molecular weight excluding hydrogens is 564 g/mol. The second kappa shape index (κ2) is 11.8. The fourth-order valence-electron chi connectivity index (χ4n) is 4.73. The maximum atomic E-state index is 13.5. The number of aryl methyl sites for hydroxylation is 2. The number of H-pyrrole nitrogens is 1. The summed E-state index contributed by atoms with van der Waals surface area (Å²) in [7, 11) is 0. The number of carbonyl (C=O) groups excluding carboxylic acids is 1. The number of hydrogen-bond acceptors (Lipinski definition) is 8. The molecule has 2 aromatic heterocycles. The zero-order valence-corrected chi connectivity index (χ0v) is 24.1. The zero-order valence-electron chi connectivity index (χ0n) is 23.3. The number of aromatic nitrogens is 4. The van der Waals surface area contributed by atoms with Crippen molar-refractivity contribution in [2.24, 2.45) is 0 Å². The van der Waals surface area contributed by atoms with Gasteiger partial charge in [0, 0.05) is 6.42 Å². The van der Waals surface area contributed by atoms with E-state index < -0.39 is 5.97 Å². The van der Waals surface area contributed by atoms with Crippen LogP contribution in [0.4, 0.5) is 0 Å². The summed E-state index contributed by atoms with van der Waals surface area (Å²) in [6, 6.07) is 27.9. The van der Waals surface area contributed by atoms with Crippen LogP contribution in [0.2, 0.25) is 0 Å². The smallest absolute Gasteiger partial charge is 0.366 e. The second-order valence-corrected chi connectivity index (χ2v) is 11.1. The molecule has 6 rings (SSSR count). The SMILES string of the molecule is Cc1cc(C)cc(C=C(C(=O)On2nnc3ccccc32)c2ccc(Oc3ccc(Cc4sc(=O)[nH]c4O)cc3)cc2)c1. The number of fused-ring (bicyclic) bond motifs is 1. The highest BCUT2D eigenvalue weighted by molar-refractivity contribution is 7.09. The van der Waals surface area contributed by atoms with Gasteiger partial charge in [-0.3, -0.25) is 9.78 Å². The topological polar surface area (TPSA) is 119 Å². The minimum absolute atomic E-state index is 0.0973. The molecule has 9 nitrogen and oxygen atoms in total. The first-order valence-electron chi connectivity index (χ1n) is 13.4. The van der Waals surface area contributed by atoms with E-state index in [2.05, 4.69) is 21.4 Å². The maximum Gasteiger partial charge on any atom is 0.366 e. The summed E-state index contributed by atoms with van der Waals surface area (Å²) in [5, 5.41) is 17.9. The quantitative estimate of drug-likeness (QED) is 0.125. The van der Waals surface area contributed by atoms with E-state index in [4.69, 9.17) is 9.57 Å². The molecule has 0 bridgehead atoms. The molecule has 2 N–H and O–H groups in total. The number of carbonyl (C=O) groups is 1. The van der Waals surface area contributed by atoms with Gasteiger partial charge in [0.15, 0.2) is 0 Å². The van der Waals surface area contributed by atoms with E-state index in [1.165, 1.54) is 0 Å². The molecule has 6 aromatic rings. The predicted molar refractivity (Wildman–Crippen MR) is 165 cm³/mol. The Balaban J connectivity index is 1.24. The van der Waals surface area contributed by atoms with Gasteiger partial charge in [0.1, 0.15) is 22.5 Å². The molecule has 0 amide bonds. The van der Waals surface area contributed by atoms with Crippen LogP contribution in [0.1, 0.15) is 32.7 Å². The van der Waals surface area contributed by atoms with Gasteiger partial charge in [-0.1, -0.05) is 81.9 Å². The van der Waals surface area contributed by atoms with Gasteiger partial charge in [-0.15, -0.1) is 5.10 Å². The number of aromatic hydroxyl groups is 1. The molecule has 0 aliphatic heterocycles. The normalized spacial score (nSPS) is 11.5. The molecule has 0 aliphatic carbocycles. The third kappa shape index (κ3) is 6.39. The van der Waals surface area contributed by atoms with Crippen molar-refractivity contribution in [3.05, 3.63) is 133 Å². The minimum atomic E-state index is -0.586. The van der Waals surface area contributed by atoms with Crippen molar-refractivity contribution in [1.29, 1.82) is 0 Å². The summed E-state index contributed by atoms with van der Waals surface area (Å²) in [5.41, 5.74) is 6.13. The highest BCUT2D eigenvalue weighted by Crippen LogP contribution is 2.28. The monoisotopic (exact) mass is 590 g/mol. The fourth-order valence-corrected chi connectivity index (χ4v) is 5.49. The first-order chi connectivity index (χ1) is 20.8. The van der Waals surface area contributed by atoms with Gasteiger partial charge in [0.05, 0.1) is 10.5 Å². The van der Waals surface area contributed by atoms with Crippen LogP contribution in [-0.4, -0.2) is 31.2 Å². The molecule has 43 heavy (non-hydrogen) atoms. The van der Waals surface area contributed by atoms with Crippen molar-refractivity contribution in [3.8, 4) is 17.4 Å². The van der Waals surface area contributed by atoms with Crippen LogP contribution in [0.15, 0.2) is 95.8 Å². The van der Waals surface area contributed by atoms with Crippen LogP contribution in [0.3, 0.4) is 0 Å². The average molecular weight is 591 g/mol. The summed E-state index contributed by atoms with van der Waals surface area (Å²) in [6.45, 7) is 4.02. The highest BCUT2D eigenvalue weighted by atomic mass is 32.1. The molecule has 0 saturated carbocycles. The lowest BCUT2D eigenvalue weighted by molar-refractivity contribution is -0.138. The van der Waals surface area contributed by atoms with Crippen molar-refractivity contribution >= 4 is 40.0 Å². The number of aromatic amines is 1. The van der Waals surface area contributed by atoms with Crippen molar-refractivity contribution in [1.82, 2.24) is 20.1 Å².